The van der Waals surface area contributed by atoms with Crippen molar-refractivity contribution in [3.63, 3.8) is 0 Å². The monoisotopic (exact) mass is 264 g/mol. The van der Waals surface area contributed by atoms with E-state index in [-0.39, 0.29) is 5.91 Å². The Morgan fingerprint density at radius 3 is 2.68 bits per heavy atom. The Morgan fingerprint density at radius 1 is 1.16 bits per heavy atom. The number of hydrogen-bond acceptors (Lipinski definition) is 4. The zero-order valence-corrected chi connectivity index (χ0v) is 11.4. The summed E-state index contributed by atoms with van der Waals surface area (Å²) < 4.78 is 10.6. The lowest BCUT2D eigenvalue weighted by molar-refractivity contribution is -0.121. The van der Waals surface area contributed by atoms with Gasteiger partial charge in [0.25, 0.3) is 0 Å². The maximum atomic E-state index is 11.3. The van der Waals surface area contributed by atoms with Crippen molar-refractivity contribution in [3.8, 4) is 11.5 Å². The smallest absolute Gasteiger partial charge is 0.220 e. The van der Waals surface area contributed by atoms with Gasteiger partial charge in [-0.05, 0) is 18.6 Å². The van der Waals surface area contributed by atoms with Crippen molar-refractivity contribution in [2.24, 2.45) is 0 Å². The first-order chi connectivity index (χ1) is 9.24. The molecule has 5 nitrogen and oxygen atoms in total. The van der Waals surface area contributed by atoms with E-state index in [2.05, 4.69) is 10.2 Å². The molecule has 104 valence electrons. The highest BCUT2D eigenvalue weighted by molar-refractivity contribution is 5.76. The molecule has 1 heterocycles. The second kappa shape index (κ2) is 6.31. The first kappa shape index (κ1) is 13.5. The molecule has 0 unspecified atom stereocenters. The molecule has 5 heteroatoms. The van der Waals surface area contributed by atoms with Gasteiger partial charge in [-0.1, -0.05) is 0 Å². The van der Waals surface area contributed by atoms with E-state index >= 15 is 0 Å². The number of nitrogens with zero attached hydrogens (tertiary/aromatic N) is 1. The predicted octanol–water partition coefficient (Wildman–Crippen LogP) is 1.42. The second-order valence-electron chi connectivity index (χ2n) is 4.48. The molecular formula is C14H20N2O3. The molecule has 0 bridgehead atoms. The van der Waals surface area contributed by atoms with Gasteiger partial charge in [-0.15, -0.1) is 0 Å². The molecule has 1 fully saturated rings. The molecule has 1 aromatic rings. The quantitative estimate of drug-likeness (QED) is 0.897. The first-order valence-corrected chi connectivity index (χ1v) is 6.48. The summed E-state index contributed by atoms with van der Waals surface area (Å²) in [5.74, 6) is 1.60. The predicted molar refractivity (Wildman–Crippen MR) is 74.0 cm³/mol. The molecule has 0 aliphatic carbocycles. The highest BCUT2D eigenvalue weighted by Gasteiger charge is 2.14. The summed E-state index contributed by atoms with van der Waals surface area (Å²) >= 11 is 0. The van der Waals surface area contributed by atoms with Crippen molar-refractivity contribution in [1.29, 1.82) is 0 Å². The molecule has 19 heavy (non-hydrogen) atoms. The number of rotatable bonds is 3. The fourth-order valence-electron chi connectivity index (χ4n) is 2.24. The summed E-state index contributed by atoms with van der Waals surface area (Å²) in [6.45, 7) is 2.36. The number of hydrogen-bond donors (Lipinski definition) is 1. The topological polar surface area (TPSA) is 50.8 Å². The second-order valence-corrected chi connectivity index (χ2v) is 4.48. The normalized spacial score (nSPS) is 16.3. The van der Waals surface area contributed by atoms with Crippen molar-refractivity contribution >= 4 is 11.6 Å². The third kappa shape index (κ3) is 3.30. The Kier molecular flexibility index (Phi) is 4.49. The summed E-state index contributed by atoms with van der Waals surface area (Å²) in [6, 6.07) is 5.90. The number of amides is 1. The van der Waals surface area contributed by atoms with E-state index in [1.807, 2.05) is 18.2 Å². The standard InChI is InChI=1S/C14H20N2O3/c1-18-12-6-5-11(10-13(12)19-2)16-8-3-4-14(17)15-7-9-16/h5-6,10H,3-4,7-9H2,1-2H3,(H,15,17). The number of carbonyl (C=O) groups excluding carboxylic acids is 1. The zero-order chi connectivity index (χ0) is 13.7. The Labute approximate surface area is 113 Å². The van der Waals surface area contributed by atoms with E-state index in [0.717, 1.165) is 36.7 Å². The summed E-state index contributed by atoms with van der Waals surface area (Å²) in [5.41, 5.74) is 1.09. The van der Waals surface area contributed by atoms with Gasteiger partial charge in [0, 0.05) is 37.8 Å². The number of methoxy groups -OCH3 is 2. The molecule has 2 rings (SSSR count). The fraction of sp³-hybridized carbons (Fsp3) is 0.500. The summed E-state index contributed by atoms with van der Waals surface area (Å²) in [4.78, 5) is 13.5. The van der Waals surface area contributed by atoms with Crippen LogP contribution in [0.4, 0.5) is 5.69 Å². The van der Waals surface area contributed by atoms with Crippen LogP contribution in [0.2, 0.25) is 0 Å². The molecule has 1 aliphatic rings. The van der Waals surface area contributed by atoms with Crippen LogP contribution in [0, 0.1) is 0 Å². The minimum Gasteiger partial charge on any atom is -0.493 e. The van der Waals surface area contributed by atoms with Crippen LogP contribution < -0.4 is 19.7 Å². The van der Waals surface area contributed by atoms with Gasteiger partial charge in [-0.2, -0.15) is 0 Å². The van der Waals surface area contributed by atoms with Crippen LogP contribution in [0.1, 0.15) is 12.8 Å². The minimum atomic E-state index is 0.145. The Morgan fingerprint density at radius 2 is 1.95 bits per heavy atom. The van der Waals surface area contributed by atoms with E-state index < -0.39 is 0 Å². The average Bonchev–Trinajstić information content (AvgIpc) is 2.42. The molecule has 0 radical (unpaired) electrons. The summed E-state index contributed by atoms with van der Waals surface area (Å²) in [7, 11) is 3.26. The highest BCUT2D eigenvalue weighted by atomic mass is 16.5. The number of carbonyl (C=O) groups is 1. The van der Waals surface area contributed by atoms with E-state index in [4.69, 9.17) is 9.47 Å². The van der Waals surface area contributed by atoms with Crippen molar-refractivity contribution < 1.29 is 14.3 Å². The molecule has 0 saturated carbocycles. The van der Waals surface area contributed by atoms with E-state index in [9.17, 15) is 4.79 Å². The molecule has 1 N–H and O–H groups in total. The van der Waals surface area contributed by atoms with Crippen LogP contribution in [0.5, 0.6) is 11.5 Å². The Balaban J connectivity index is 2.13. The molecule has 1 saturated heterocycles. The van der Waals surface area contributed by atoms with Crippen molar-refractivity contribution in [1.82, 2.24) is 5.32 Å². The average molecular weight is 264 g/mol. The van der Waals surface area contributed by atoms with Crippen molar-refractivity contribution in [3.05, 3.63) is 18.2 Å². The molecular weight excluding hydrogens is 244 g/mol. The lowest BCUT2D eigenvalue weighted by atomic mass is 10.2. The van der Waals surface area contributed by atoms with Crippen molar-refractivity contribution in [2.45, 2.75) is 12.8 Å². The maximum absolute atomic E-state index is 11.3. The molecule has 1 amide bonds. The number of nitrogens with one attached hydrogen (secondary N) is 1. The SMILES string of the molecule is COc1ccc(N2CCCC(=O)NCC2)cc1OC. The van der Waals surface area contributed by atoms with E-state index in [0.29, 0.717) is 13.0 Å². The maximum Gasteiger partial charge on any atom is 0.220 e. The number of benzene rings is 1. The Bertz CT molecular complexity index is 436. The minimum absolute atomic E-state index is 0.145. The molecule has 1 aromatic carbocycles. The zero-order valence-electron chi connectivity index (χ0n) is 11.4. The van der Waals surface area contributed by atoms with Gasteiger partial charge in [0.1, 0.15) is 0 Å². The van der Waals surface area contributed by atoms with Crippen LogP contribution >= 0.6 is 0 Å². The summed E-state index contributed by atoms with van der Waals surface area (Å²) in [5, 5.41) is 2.90. The van der Waals surface area contributed by atoms with Gasteiger partial charge in [0.05, 0.1) is 14.2 Å². The first-order valence-electron chi connectivity index (χ1n) is 6.48. The number of anilines is 1. The van der Waals surface area contributed by atoms with Gasteiger partial charge < -0.3 is 19.7 Å². The van der Waals surface area contributed by atoms with E-state index in [1.165, 1.54) is 0 Å². The van der Waals surface area contributed by atoms with Gasteiger partial charge in [-0.25, -0.2) is 0 Å². The molecule has 0 aromatic heterocycles. The third-order valence-electron chi connectivity index (χ3n) is 3.27. The fourth-order valence-corrected chi connectivity index (χ4v) is 2.24. The van der Waals surface area contributed by atoms with Gasteiger partial charge in [-0.3, -0.25) is 4.79 Å². The van der Waals surface area contributed by atoms with Gasteiger partial charge in [0.2, 0.25) is 5.91 Å². The Hall–Kier alpha value is -1.91. The third-order valence-corrected chi connectivity index (χ3v) is 3.27. The van der Waals surface area contributed by atoms with Crippen LogP contribution in [-0.4, -0.2) is 39.8 Å². The lowest BCUT2D eigenvalue weighted by Gasteiger charge is -2.27. The van der Waals surface area contributed by atoms with Crippen LogP contribution in [-0.2, 0) is 4.79 Å². The van der Waals surface area contributed by atoms with Crippen LogP contribution in [0.25, 0.3) is 0 Å². The van der Waals surface area contributed by atoms with E-state index in [1.54, 1.807) is 14.2 Å². The van der Waals surface area contributed by atoms with Crippen LogP contribution in [0.15, 0.2) is 18.2 Å². The van der Waals surface area contributed by atoms with Crippen molar-refractivity contribution in [2.75, 3.05) is 38.8 Å². The largest absolute Gasteiger partial charge is 0.493 e. The number of ether oxygens (including phenoxy) is 2. The highest BCUT2D eigenvalue weighted by Crippen LogP contribution is 2.31. The van der Waals surface area contributed by atoms with Gasteiger partial charge >= 0.3 is 0 Å². The lowest BCUT2D eigenvalue weighted by Crippen LogP contribution is -2.38. The molecule has 0 spiro atoms. The summed E-state index contributed by atoms with van der Waals surface area (Å²) in [6.07, 6.45) is 1.45. The van der Waals surface area contributed by atoms with Gasteiger partial charge in [0.15, 0.2) is 11.5 Å². The molecule has 0 atom stereocenters. The molecule has 1 aliphatic heterocycles. The van der Waals surface area contributed by atoms with Crippen LogP contribution in [0.3, 0.4) is 0 Å².